The Hall–Kier alpha value is -0.570. The van der Waals surface area contributed by atoms with Crippen LogP contribution in [0.15, 0.2) is 0 Å². The molecule has 13 heavy (non-hydrogen) atoms. The van der Waals surface area contributed by atoms with Gasteiger partial charge in [-0.3, -0.25) is 4.79 Å². The van der Waals surface area contributed by atoms with Gasteiger partial charge in [0.15, 0.2) is 0 Å². The van der Waals surface area contributed by atoms with E-state index in [-0.39, 0.29) is 12.0 Å². The van der Waals surface area contributed by atoms with Crippen molar-refractivity contribution in [1.82, 2.24) is 5.32 Å². The highest BCUT2D eigenvalue weighted by atomic mass is 16.5. The van der Waals surface area contributed by atoms with Crippen LogP contribution in [0.5, 0.6) is 0 Å². The summed E-state index contributed by atoms with van der Waals surface area (Å²) in [5.74, 6) is 0.0706. The molecule has 1 amide bonds. The summed E-state index contributed by atoms with van der Waals surface area (Å²) >= 11 is 0. The van der Waals surface area contributed by atoms with Crippen LogP contribution in [0, 0.1) is 0 Å². The minimum Gasteiger partial charge on any atom is -0.381 e. The molecular formula is C10H23NO2. The topological polar surface area (TPSA) is 38.3 Å². The van der Waals surface area contributed by atoms with E-state index < -0.39 is 0 Å². The first-order valence-electron chi connectivity index (χ1n) is 5.04. The van der Waals surface area contributed by atoms with Gasteiger partial charge in [-0.25, -0.2) is 0 Å². The van der Waals surface area contributed by atoms with E-state index in [2.05, 4.69) is 5.32 Å². The summed E-state index contributed by atoms with van der Waals surface area (Å²) in [5.41, 5.74) is 0. The van der Waals surface area contributed by atoms with Crippen molar-refractivity contribution in [3.8, 4) is 0 Å². The minimum atomic E-state index is 0.0706. The first-order chi connectivity index (χ1) is 6.24. The SMILES string of the molecule is CC.CCNC(=O)CC(CC)OC. The number of methoxy groups -OCH3 is 1. The molecule has 0 saturated heterocycles. The molecule has 0 radical (unpaired) electrons. The van der Waals surface area contributed by atoms with Crippen LogP contribution in [-0.4, -0.2) is 25.7 Å². The maximum atomic E-state index is 11.0. The number of hydrogen-bond donors (Lipinski definition) is 1. The van der Waals surface area contributed by atoms with Crippen LogP contribution in [0.25, 0.3) is 0 Å². The lowest BCUT2D eigenvalue weighted by Gasteiger charge is -2.11. The third kappa shape index (κ3) is 9.34. The predicted octanol–water partition coefficient (Wildman–Crippen LogP) is 1.96. The number of amides is 1. The van der Waals surface area contributed by atoms with Crippen molar-refractivity contribution >= 4 is 5.91 Å². The second kappa shape index (κ2) is 11.4. The van der Waals surface area contributed by atoms with Gasteiger partial charge in [-0.1, -0.05) is 20.8 Å². The van der Waals surface area contributed by atoms with E-state index in [9.17, 15) is 4.79 Å². The van der Waals surface area contributed by atoms with Gasteiger partial charge >= 0.3 is 0 Å². The highest BCUT2D eigenvalue weighted by molar-refractivity contribution is 5.76. The van der Waals surface area contributed by atoms with Gasteiger partial charge in [0.2, 0.25) is 5.91 Å². The molecule has 1 unspecified atom stereocenters. The molecule has 1 atom stereocenters. The molecule has 0 aromatic rings. The van der Waals surface area contributed by atoms with Crippen LogP contribution < -0.4 is 5.32 Å². The van der Waals surface area contributed by atoms with Crippen molar-refractivity contribution in [2.24, 2.45) is 0 Å². The minimum absolute atomic E-state index is 0.0706. The van der Waals surface area contributed by atoms with Crippen molar-refractivity contribution in [3.63, 3.8) is 0 Å². The van der Waals surface area contributed by atoms with E-state index >= 15 is 0 Å². The first kappa shape index (κ1) is 14.9. The number of carbonyl (C=O) groups is 1. The molecule has 0 bridgehead atoms. The van der Waals surface area contributed by atoms with E-state index in [1.54, 1.807) is 7.11 Å². The lowest BCUT2D eigenvalue weighted by atomic mass is 10.2. The fourth-order valence-electron chi connectivity index (χ4n) is 0.870. The molecule has 0 aromatic heterocycles. The number of carbonyl (C=O) groups excluding carboxylic acids is 1. The highest BCUT2D eigenvalue weighted by Gasteiger charge is 2.09. The monoisotopic (exact) mass is 189 g/mol. The largest absolute Gasteiger partial charge is 0.381 e. The van der Waals surface area contributed by atoms with Crippen LogP contribution in [-0.2, 0) is 9.53 Å². The van der Waals surface area contributed by atoms with Crippen molar-refractivity contribution in [2.75, 3.05) is 13.7 Å². The van der Waals surface area contributed by atoms with E-state index in [0.29, 0.717) is 13.0 Å². The quantitative estimate of drug-likeness (QED) is 0.718. The Bertz CT molecular complexity index is 111. The molecule has 1 N–H and O–H groups in total. The van der Waals surface area contributed by atoms with Crippen molar-refractivity contribution in [3.05, 3.63) is 0 Å². The lowest BCUT2D eigenvalue weighted by molar-refractivity contribution is -0.123. The number of ether oxygens (including phenoxy) is 1. The average molecular weight is 189 g/mol. The van der Waals surface area contributed by atoms with Crippen molar-refractivity contribution < 1.29 is 9.53 Å². The normalized spacial score (nSPS) is 11.2. The molecule has 80 valence electrons. The summed E-state index contributed by atoms with van der Waals surface area (Å²) in [5, 5.41) is 2.73. The van der Waals surface area contributed by atoms with Crippen molar-refractivity contribution in [1.29, 1.82) is 0 Å². The molecule has 0 spiro atoms. The molecule has 0 fully saturated rings. The average Bonchev–Trinajstić information content (AvgIpc) is 2.18. The molecule has 0 aliphatic heterocycles. The third-order valence-electron chi connectivity index (χ3n) is 1.58. The standard InChI is InChI=1S/C8H17NO2.C2H6/c1-4-7(11-3)6-8(10)9-5-2;1-2/h7H,4-6H2,1-3H3,(H,9,10);1-2H3. The highest BCUT2D eigenvalue weighted by Crippen LogP contribution is 2.00. The fourth-order valence-corrected chi connectivity index (χ4v) is 0.870. The molecule has 0 heterocycles. The van der Waals surface area contributed by atoms with Crippen LogP contribution in [0.2, 0.25) is 0 Å². The second-order valence-electron chi connectivity index (χ2n) is 2.42. The van der Waals surface area contributed by atoms with E-state index in [4.69, 9.17) is 4.74 Å². The summed E-state index contributed by atoms with van der Waals surface area (Å²) in [4.78, 5) is 11.0. The Balaban J connectivity index is 0. The summed E-state index contributed by atoms with van der Waals surface area (Å²) in [6.07, 6.45) is 1.43. The molecule has 0 aromatic carbocycles. The molecular weight excluding hydrogens is 166 g/mol. The molecule has 0 saturated carbocycles. The van der Waals surface area contributed by atoms with Gasteiger partial charge in [0, 0.05) is 13.7 Å². The zero-order valence-corrected chi connectivity index (χ0v) is 9.52. The van der Waals surface area contributed by atoms with Crippen LogP contribution in [0.4, 0.5) is 0 Å². The number of hydrogen-bond acceptors (Lipinski definition) is 2. The summed E-state index contributed by atoms with van der Waals surface area (Å²) in [6.45, 7) is 8.61. The van der Waals surface area contributed by atoms with Gasteiger partial charge in [0.1, 0.15) is 0 Å². The Morgan fingerprint density at radius 3 is 2.23 bits per heavy atom. The molecule has 0 aliphatic carbocycles. The van der Waals surface area contributed by atoms with Gasteiger partial charge in [-0.05, 0) is 13.3 Å². The molecule has 3 heteroatoms. The second-order valence-corrected chi connectivity index (χ2v) is 2.42. The fraction of sp³-hybridized carbons (Fsp3) is 0.900. The van der Waals surface area contributed by atoms with Crippen LogP contribution >= 0.6 is 0 Å². The Labute approximate surface area is 81.9 Å². The molecule has 0 aliphatic rings. The lowest BCUT2D eigenvalue weighted by Crippen LogP contribution is -2.27. The smallest absolute Gasteiger partial charge is 0.222 e. The maximum Gasteiger partial charge on any atom is 0.222 e. The molecule has 0 rings (SSSR count). The van der Waals surface area contributed by atoms with Crippen LogP contribution in [0.1, 0.15) is 40.5 Å². The van der Waals surface area contributed by atoms with Crippen molar-refractivity contribution in [2.45, 2.75) is 46.6 Å². The Morgan fingerprint density at radius 1 is 1.38 bits per heavy atom. The van der Waals surface area contributed by atoms with E-state index in [0.717, 1.165) is 6.42 Å². The number of nitrogens with one attached hydrogen (secondary N) is 1. The zero-order chi connectivity index (χ0) is 10.7. The van der Waals surface area contributed by atoms with E-state index in [1.807, 2.05) is 27.7 Å². The Kier molecular flexibility index (Phi) is 13.1. The van der Waals surface area contributed by atoms with Gasteiger partial charge in [0.25, 0.3) is 0 Å². The predicted molar refractivity (Wildman–Crippen MR) is 55.7 cm³/mol. The van der Waals surface area contributed by atoms with Gasteiger partial charge in [-0.15, -0.1) is 0 Å². The summed E-state index contributed by atoms with van der Waals surface area (Å²) < 4.78 is 5.06. The Morgan fingerprint density at radius 2 is 1.92 bits per heavy atom. The maximum absolute atomic E-state index is 11.0. The third-order valence-corrected chi connectivity index (χ3v) is 1.58. The molecule has 3 nitrogen and oxygen atoms in total. The van der Waals surface area contributed by atoms with Gasteiger partial charge in [-0.2, -0.15) is 0 Å². The number of rotatable bonds is 5. The summed E-state index contributed by atoms with van der Waals surface area (Å²) in [7, 11) is 1.63. The zero-order valence-electron chi connectivity index (χ0n) is 9.52. The van der Waals surface area contributed by atoms with E-state index in [1.165, 1.54) is 0 Å². The van der Waals surface area contributed by atoms with Gasteiger partial charge in [0.05, 0.1) is 12.5 Å². The van der Waals surface area contributed by atoms with Crippen LogP contribution in [0.3, 0.4) is 0 Å². The first-order valence-corrected chi connectivity index (χ1v) is 5.04. The van der Waals surface area contributed by atoms with Gasteiger partial charge < -0.3 is 10.1 Å². The summed E-state index contributed by atoms with van der Waals surface area (Å²) in [6, 6.07) is 0.